The molecule has 0 bridgehead atoms. The fourth-order valence-corrected chi connectivity index (χ4v) is 4.60. The van der Waals surface area contributed by atoms with Gasteiger partial charge in [-0.15, -0.1) is 0 Å². The normalized spacial score (nSPS) is 17.2. The van der Waals surface area contributed by atoms with E-state index in [0.717, 1.165) is 12.0 Å². The van der Waals surface area contributed by atoms with Crippen LogP contribution in [0.5, 0.6) is 5.75 Å². The number of aryl methyl sites for hydroxylation is 1. The maximum atomic E-state index is 13.4. The summed E-state index contributed by atoms with van der Waals surface area (Å²) < 4.78 is 7.54. The van der Waals surface area contributed by atoms with Crippen LogP contribution in [0.25, 0.3) is 11.4 Å². The first-order valence-electron chi connectivity index (χ1n) is 11.8. The number of pyridine rings is 2. The second-order valence-electron chi connectivity index (χ2n) is 8.68. The van der Waals surface area contributed by atoms with E-state index in [1.165, 1.54) is 4.90 Å². The Morgan fingerprint density at radius 2 is 1.97 bits per heavy atom. The van der Waals surface area contributed by atoms with E-state index >= 15 is 0 Å². The fourth-order valence-electron chi connectivity index (χ4n) is 4.60. The highest BCUT2D eigenvalue weighted by molar-refractivity contribution is 6.46. The number of aliphatic hydroxyl groups excluding tert-OH is 1. The van der Waals surface area contributed by atoms with Crippen LogP contribution in [0.15, 0.2) is 78.8 Å². The van der Waals surface area contributed by atoms with Crippen LogP contribution in [0.2, 0.25) is 0 Å². The molecule has 182 valence electrons. The Bertz CT molecular complexity index is 1480. The molecule has 4 aromatic rings. The van der Waals surface area contributed by atoms with Gasteiger partial charge in [0.2, 0.25) is 0 Å². The smallest absolute Gasteiger partial charge is 0.295 e. The number of fused-ring (bicyclic) bond motifs is 1. The van der Waals surface area contributed by atoms with E-state index in [2.05, 4.69) is 9.97 Å². The summed E-state index contributed by atoms with van der Waals surface area (Å²) in [6.07, 6.45) is 5.92. The summed E-state index contributed by atoms with van der Waals surface area (Å²) in [7, 11) is 0. The first-order chi connectivity index (χ1) is 17.5. The molecule has 1 atom stereocenters. The van der Waals surface area contributed by atoms with E-state index in [0.29, 0.717) is 35.0 Å². The third kappa shape index (κ3) is 4.11. The summed E-state index contributed by atoms with van der Waals surface area (Å²) in [5, 5.41) is 11.6. The van der Waals surface area contributed by atoms with Crippen molar-refractivity contribution in [3.8, 4) is 5.75 Å². The molecule has 8 heteroatoms. The molecule has 1 amide bonds. The van der Waals surface area contributed by atoms with E-state index in [1.54, 1.807) is 36.0 Å². The highest BCUT2D eigenvalue weighted by atomic mass is 16.5. The van der Waals surface area contributed by atoms with Gasteiger partial charge in [0.05, 0.1) is 23.9 Å². The number of carbonyl (C=O) groups is 2. The number of likely N-dealkylation sites (tertiary alicyclic amines) is 1. The van der Waals surface area contributed by atoms with Crippen LogP contribution >= 0.6 is 0 Å². The minimum absolute atomic E-state index is 0.0188. The maximum Gasteiger partial charge on any atom is 0.295 e. The van der Waals surface area contributed by atoms with Crippen molar-refractivity contribution in [3.63, 3.8) is 0 Å². The van der Waals surface area contributed by atoms with Gasteiger partial charge >= 0.3 is 0 Å². The van der Waals surface area contributed by atoms with Crippen LogP contribution in [0.4, 0.5) is 0 Å². The van der Waals surface area contributed by atoms with E-state index in [1.807, 2.05) is 55.5 Å². The SMILES string of the molecule is CCCOc1cccc(C2C(=C(O)c3c(C)nc4ccccn34)C(=O)C(=O)N2Cc2cccnc2)c1. The van der Waals surface area contributed by atoms with Gasteiger partial charge < -0.3 is 14.7 Å². The molecule has 1 aliphatic heterocycles. The van der Waals surface area contributed by atoms with Crippen LogP contribution in [0.3, 0.4) is 0 Å². The van der Waals surface area contributed by atoms with E-state index in [4.69, 9.17) is 4.74 Å². The van der Waals surface area contributed by atoms with Crippen LogP contribution in [0.1, 0.15) is 41.9 Å². The molecule has 4 heterocycles. The number of imidazole rings is 1. The van der Waals surface area contributed by atoms with Crippen LogP contribution < -0.4 is 4.74 Å². The number of carbonyl (C=O) groups excluding carboxylic acids is 2. The zero-order valence-electron chi connectivity index (χ0n) is 20.1. The van der Waals surface area contributed by atoms with Crippen LogP contribution in [-0.4, -0.2) is 42.7 Å². The van der Waals surface area contributed by atoms with Gasteiger partial charge in [-0.1, -0.05) is 31.2 Å². The Morgan fingerprint density at radius 3 is 2.75 bits per heavy atom. The summed E-state index contributed by atoms with van der Waals surface area (Å²) in [4.78, 5) is 36.9. The van der Waals surface area contributed by atoms with Gasteiger partial charge in [0.15, 0.2) is 5.76 Å². The van der Waals surface area contributed by atoms with Gasteiger partial charge in [0.1, 0.15) is 17.1 Å². The van der Waals surface area contributed by atoms with Crippen molar-refractivity contribution in [2.24, 2.45) is 0 Å². The lowest BCUT2D eigenvalue weighted by atomic mass is 9.96. The summed E-state index contributed by atoms with van der Waals surface area (Å²) >= 11 is 0. The number of ether oxygens (including phenoxy) is 1. The number of hydrogen-bond acceptors (Lipinski definition) is 6. The first kappa shape index (κ1) is 23.3. The average molecular weight is 483 g/mol. The fraction of sp³-hybridized carbons (Fsp3) is 0.214. The molecule has 0 radical (unpaired) electrons. The van der Waals surface area contributed by atoms with Crippen molar-refractivity contribution >= 4 is 23.1 Å². The van der Waals surface area contributed by atoms with Gasteiger partial charge in [0.25, 0.3) is 11.7 Å². The summed E-state index contributed by atoms with van der Waals surface area (Å²) in [5.41, 5.74) is 3.02. The zero-order chi connectivity index (χ0) is 25.2. The van der Waals surface area contributed by atoms with Crippen LogP contribution in [-0.2, 0) is 16.1 Å². The van der Waals surface area contributed by atoms with Gasteiger partial charge in [0, 0.05) is 25.1 Å². The topological polar surface area (TPSA) is 97.0 Å². The molecule has 1 aromatic carbocycles. The molecule has 1 aliphatic rings. The van der Waals surface area contributed by atoms with Crippen molar-refractivity contribution < 1.29 is 19.4 Å². The molecule has 1 N–H and O–H groups in total. The van der Waals surface area contributed by atoms with Gasteiger partial charge in [-0.3, -0.25) is 19.0 Å². The minimum Gasteiger partial charge on any atom is -0.505 e. The molecule has 0 aliphatic carbocycles. The number of hydrogen-bond donors (Lipinski definition) is 1. The monoisotopic (exact) mass is 482 g/mol. The molecule has 8 nitrogen and oxygen atoms in total. The Hall–Kier alpha value is -4.46. The molecule has 1 saturated heterocycles. The Balaban J connectivity index is 1.69. The average Bonchev–Trinajstić information content (AvgIpc) is 3.36. The van der Waals surface area contributed by atoms with E-state index in [9.17, 15) is 14.7 Å². The quantitative estimate of drug-likeness (QED) is 0.238. The highest BCUT2D eigenvalue weighted by Crippen LogP contribution is 2.41. The van der Waals surface area contributed by atoms with Crippen molar-refractivity contribution in [2.45, 2.75) is 32.9 Å². The Morgan fingerprint density at radius 1 is 1.11 bits per heavy atom. The number of aliphatic hydroxyl groups is 1. The standard InChI is InChI=1S/C28H26N4O4/c1-3-14-36-21-10-6-9-20(15-21)25-23(26(33)24-18(2)30-22-11-4-5-13-31(22)24)27(34)28(35)32(25)17-19-8-7-12-29-16-19/h4-13,15-16,25,33H,3,14,17H2,1-2H3. The lowest BCUT2D eigenvalue weighted by molar-refractivity contribution is -0.140. The predicted octanol–water partition coefficient (Wildman–Crippen LogP) is 4.45. The number of aromatic nitrogens is 3. The summed E-state index contributed by atoms with van der Waals surface area (Å²) in [5.74, 6) is -1.06. The Kier molecular flexibility index (Phi) is 6.25. The third-order valence-electron chi connectivity index (χ3n) is 6.19. The zero-order valence-corrected chi connectivity index (χ0v) is 20.1. The predicted molar refractivity (Wildman–Crippen MR) is 134 cm³/mol. The van der Waals surface area contributed by atoms with Crippen molar-refractivity contribution in [3.05, 3.63) is 101 Å². The van der Waals surface area contributed by atoms with Crippen molar-refractivity contribution in [2.75, 3.05) is 6.61 Å². The number of Topliss-reactive ketones (excluding diaryl/α,β-unsaturated/α-hetero) is 1. The molecule has 5 rings (SSSR count). The molecule has 0 saturated carbocycles. The number of benzene rings is 1. The molecule has 3 aromatic heterocycles. The number of amides is 1. The third-order valence-corrected chi connectivity index (χ3v) is 6.19. The second kappa shape index (κ2) is 9.65. The maximum absolute atomic E-state index is 13.4. The molecule has 1 unspecified atom stereocenters. The first-order valence-corrected chi connectivity index (χ1v) is 11.8. The summed E-state index contributed by atoms with van der Waals surface area (Å²) in [6, 6.07) is 15.6. The molecule has 0 spiro atoms. The largest absolute Gasteiger partial charge is 0.505 e. The van der Waals surface area contributed by atoms with E-state index < -0.39 is 17.7 Å². The van der Waals surface area contributed by atoms with E-state index in [-0.39, 0.29) is 17.9 Å². The highest BCUT2D eigenvalue weighted by Gasteiger charge is 2.46. The second-order valence-corrected chi connectivity index (χ2v) is 8.68. The minimum atomic E-state index is -0.816. The molecular weight excluding hydrogens is 456 g/mol. The number of ketones is 1. The van der Waals surface area contributed by atoms with Gasteiger partial charge in [-0.2, -0.15) is 0 Å². The van der Waals surface area contributed by atoms with Crippen LogP contribution in [0, 0.1) is 6.92 Å². The number of rotatable bonds is 7. The van der Waals surface area contributed by atoms with Gasteiger partial charge in [-0.05, 0) is 54.8 Å². The van der Waals surface area contributed by atoms with Crippen molar-refractivity contribution in [1.29, 1.82) is 0 Å². The molecule has 1 fully saturated rings. The van der Waals surface area contributed by atoms with Gasteiger partial charge in [-0.25, -0.2) is 4.98 Å². The Labute approximate surface area is 208 Å². The van der Waals surface area contributed by atoms with Crippen molar-refractivity contribution in [1.82, 2.24) is 19.3 Å². The lowest BCUT2D eigenvalue weighted by Gasteiger charge is -2.25. The summed E-state index contributed by atoms with van der Waals surface area (Å²) in [6.45, 7) is 4.49. The number of nitrogens with zero attached hydrogens (tertiary/aromatic N) is 4. The molecular formula is C28H26N4O4. The molecule has 36 heavy (non-hydrogen) atoms. The lowest BCUT2D eigenvalue weighted by Crippen LogP contribution is -2.29.